The summed E-state index contributed by atoms with van der Waals surface area (Å²) in [4.78, 5) is 4.46. The Labute approximate surface area is 133 Å². The summed E-state index contributed by atoms with van der Waals surface area (Å²) < 4.78 is 7.19. The predicted molar refractivity (Wildman–Crippen MR) is 87.5 cm³/mol. The van der Waals surface area contributed by atoms with Crippen LogP contribution in [0.1, 0.15) is 16.3 Å². The van der Waals surface area contributed by atoms with E-state index in [1.54, 1.807) is 24.6 Å². The van der Waals surface area contributed by atoms with Gasteiger partial charge in [-0.05, 0) is 36.8 Å². The summed E-state index contributed by atoms with van der Waals surface area (Å²) in [5.41, 5.74) is 3.26. The van der Waals surface area contributed by atoms with Gasteiger partial charge in [0.25, 0.3) is 0 Å². The Morgan fingerprint density at radius 1 is 1.32 bits per heavy atom. The molecule has 0 saturated heterocycles. The maximum Gasteiger partial charge on any atom is 0.119 e. The Balaban J connectivity index is 1.76. The molecule has 3 aromatic rings. The topological polar surface area (TPSA) is 52.0 Å². The Hall–Kier alpha value is -2.18. The Morgan fingerprint density at radius 3 is 2.91 bits per heavy atom. The summed E-state index contributed by atoms with van der Waals surface area (Å²) in [6, 6.07) is 7.93. The second-order valence-electron chi connectivity index (χ2n) is 4.91. The number of nitrogens with zero attached hydrogens (tertiary/aromatic N) is 3. The van der Waals surface area contributed by atoms with Crippen molar-refractivity contribution in [2.24, 2.45) is 0 Å². The normalized spacial score (nSPS) is 10.8. The highest BCUT2D eigenvalue weighted by molar-refractivity contribution is 7.09. The van der Waals surface area contributed by atoms with Crippen molar-refractivity contribution in [2.45, 2.75) is 20.0 Å². The lowest BCUT2D eigenvalue weighted by atomic mass is 10.1. The molecule has 22 heavy (non-hydrogen) atoms. The molecule has 5 nitrogen and oxygen atoms in total. The highest BCUT2D eigenvalue weighted by Gasteiger charge is 2.07. The first kappa shape index (κ1) is 14.7. The summed E-state index contributed by atoms with van der Waals surface area (Å²) in [6.45, 7) is 3.50. The number of aryl methyl sites for hydroxylation is 1. The van der Waals surface area contributed by atoms with E-state index in [1.807, 2.05) is 42.1 Å². The van der Waals surface area contributed by atoms with Crippen LogP contribution in [0.15, 0.2) is 42.0 Å². The molecule has 114 valence electrons. The number of benzene rings is 1. The minimum Gasteiger partial charge on any atom is -0.497 e. The van der Waals surface area contributed by atoms with E-state index in [1.165, 1.54) is 0 Å². The number of aromatic nitrogens is 3. The maximum atomic E-state index is 5.33. The van der Waals surface area contributed by atoms with Gasteiger partial charge >= 0.3 is 0 Å². The average molecular weight is 314 g/mol. The lowest BCUT2D eigenvalue weighted by Gasteiger charge is -2.12. The third-order valence-electron chi connectivity index (χ3n) is 3.33. The summed E-state index contributed by atoms with van der Waals surface area (Å²) >= 11 is 1.67. The first-order valence-electron chi connectivity index (χ1n) is 7.05. The van der Waals surface area contributed by atoms with Gasteiger partial charge < -0.3 is 10.1 Å². The van der Waals surface area contributed by atoms with Gasteiger partial charge in [0.1, 0.15) is 5.75 Å². The van der Waals surface area contributed by atoms with Crippen molar-refractivity contribution in [2.75, 3.05) is 7.11 Å². The van der Waals surface area contributed by atoms with Crippen LogP contribution in [0.2, 0.25) is 0 Å². The van der Waals surface area contributed by atoms with Gasteiger partial charge in [0.15, 0.2) is 0 Å². The molecule has 0 aliphatic heterocycles. The van der Waals surface area contributed by atoms with Crippen molar-refractivity contribution >= 4 is 11.3 Å². The predicted octanol–water partition coefficient (Wildman–Crippen LogP) is 2.94. The van der Waals surface area contributed by atoms with Crippen LogP contribution in [0.25, 0.3) is 5.69 Å². The smallest absolute Gasteiger partial charge is 0.119 e. The number of methoxy groups -OCH3 is 1. The van der Waals surface area contributed by atoms with E-state index in [9.17, 15) is 0 Å². The molecule has 0 saturated carbocycles. The molecule has 0 radical (unpaired) electrons. The standard InChI is InChI=1S/C16H18N4OS/c1-12-19-14(11-22-12)10-17-9-13-8-15(21-2)4-5-16(13)20-7-3-6-18-20/h3-8,11,17H,9-10H2,1-2H3. The van der Waals surface area contributed by atoms with Crippen LogP contribution in [-0.4, -0.2) is 21.9 Å². The minimum atomic E-state index is 0.725. The molecule has 0 atom stereocenters. The summed E-state index contributed by atoms with van der Waals surface area (Å²) in [6.07, 6.45) is 3.72. The molecule has 0 amide bonds. The Morgan fingerprint density at radius 2 is 2.23 bits per heavy atom. The molecular weight excluding hydrogens is 296 g/mol. The quantitative estimate of drug-likeness (QED) is 0.760. The van der Waals surface area contributed by atoms with Gasteiger partial charge in [0.2, 0.25) is 0 Å². The molecule has 6 heteroatoms. The van der Waals surface area contributed by atoms with Crippen LogP contribution in [0.4, 0.5) is 0 Å². The van der Waals surface area contributed by atoms with Crippen LogP contribution >= 0.6 is 11.3 Å². The zero-order chi connectivity index (χ0) is 15.4. The second-order valence-corrected chi connectivity index (χ2v) is 5.97. The van der Waals surface area contributed by atoms with E-state index in [0.717, 1.165) is 40.8 Å². The number of hydrogen-bond acceptors (Lipinski definition) is 5. The van der Waals surface area contributed by atoms with Crippen molar-refractivity contribution in [3.8, 4) is 11.4 Å². The largest absolute Gasteiger partial charge is 0.497 e. The van der Waals surface area contributed by atoms with Gasteiger partial charge in [0.05, 0.1) is 23.5 Å². The highest BCUT2D eigenvalue weighted by atomic mass is 32.1. The summed E-state index contributed by atoms with van der Waals surface area (Å²) in [5.74, 6) is 0.845. The average Bonchev–Trinajstić information content (AvgIpc) is 3.19. The monoisotopic (exact) mass is 314 g/mol. The van der Waals surface area contributed by atoms with Gasteiger partial charge in [-0.2, -0.15) is 5.10 Å². The van der Waals surface area contributed by atoms with E-state index in [2.05, 4.69) is 20.8 Å². The molecule has 0 aliphatic carbocycles. The number of nitrogens with one attached hydrogen (secondary N) is 1. The van der Waals surface area contributed by atoms with E-state index < -0.39 is 0 Å². The molecule has 0 spiro atoms. The van der Waals surface area contributed by atoms with Crippen molar-refractivity contribution in [1.82, 2.24) is 20.1 Å². The van der Waals surface area contributed by atoms with Crippen LogP contribution in [-0.2, 0) is 13.1 Å². The Bertz CT molecular complexity index is 736. The molecule has 1 aromatic carbocycles. The van der Waals surface area contributed by atoms with Gasteiger partial charge in [-0.15, -0.1) is 11.3 Å². The van der Waals surface area contributed by atoms with Crippen LogP contribution < -0.4 is 10.1 Å². The zero-order valence-electron chi connectivity index (χ0n) is 12.6. The van der Waals surface area contributed by atoms with Crippen molar-refractivity contribution in [1.29, 1.82) is 0 Å². The molecule has 2 aromatic heterocycles. The van der Waals surface area contributed by atoms with Gasteiger partial charge in [-0.1, -0.05) is 0 Å². The molecule has 2 heterocycles. The third-order valence-corrected chi connectivity index (χ3v) is 4.15. The summed E-state index contributed by atoms with van der Waals surface area (Å²) in [7, 11) is 1.68. The highest BCUT2D eigenvalue weighted by Crippen LogP contribution is 2.20. The van der Waals surface area contributed by atoms with Gasteiger partial charge in [-0.25, -0.2) is 9.67 Å². The van der Waals surface area contributed by atoms with Gasteiger partial charge in [0, 0.05) is 30.9 Å². The van der Waals surface area contributed by atoms with Crippen molar-refractivity contribution in [3.05, 3.63) is 58.3 Å². The first-order chi connectivity index (χ1) is 10.8. The molecule has 0 bridgehead atoms. The van der Waals surface area contributed by atoms with Crippen LogP contribution in [0.3, 0.4) is 0 Å². The fraction of sp³-hybridized carbons (Fsp3) is 0.250. The Kier molecular flexibility index (Phi) is 4.50. The van der Waals surface area contributed by atoms with Crippen molar-refractivity contribution in [3.63, 3.8) is 0 Å². The van der Waals surface area contributed by atoms with Crippen LogP contribution in [0.5, 0.6) is 5.75 Å². The number of ether oxygens (including phenoxy) is 1. The molecule has 1 N–H and O–H groups in total. The molecule has 0 aliphatic rings. The second kappa shape index (κ2) is 6.72. The first-order valence-corrected chi connectivity index (χ1v) is 7.93. The van der Waals surface area contributed by atoms with E-state index in [0.29, 0.717) is 0 Å². The van der Waals surface area contributed by atoms with Crippen LogP contribution in [0, 0.1) is 6.92 Å². The number of thiazole rings is 1. The third kappa shape index (κ3) is 3.35. The lowest BCUT2D eigenvalue weighted by Crippen LogP contribution is -2.15. The zero-order valence-corrected chi connectivity index (χ0v) is 13.4. The van der Waals surface area contributed by atoms with E-state index >= 15 is 0 Å². The molecule has 0 fully saturated rings. The summed E-state index contributed by atoms with van der Waals surface area (Å²) in [5, 5.41) is 10.9. The SMILES string of the molecule is COc1ccc(-n2cccn2)c(CNCc2csc(C)n2)c1. The fourth-order valence-electron chi connectivity index (χ4n) is 2.28. The van der Waals surface area contributed by atoms with Crippen molar-refractivity contribution < 1.29 is 4.74 Å². The van der Waals surface area contributed by atoms with E-state index in [4.69, 9.17) is 4.74 Å². The maximum absolute atomic E-state index is 5.33. The lowest BCUT2D eigenvalue weighted by molar-refractivity contribution is 0.414. The number of rotatable bonds is 6. The molecular formula is C16H18N4OS. The molecule has 0 unspecified atom stereocenters. The van der Waals surface area contributed by atoms with Gasteiger partial charge in [-0.3, -0.25) is 0 Å². The fourth-order valence-corrected chi connectivity index (χ4v) is 2.89. The molecule has 3 rings (SSSR count). The van der Waals surface area contributed by atoms with E-state index in [-0.39, 0.29) is 0 Å². The number of hydrogen-bond donors (Lipinski definition) is 1. The minimum absolute atomic E-state index is 0.725.